The fourth-order valence-electron chi connectivity index (χ4n) is 2.40. The van der Waals surface area contributed by atoms with Gasteiger partial charge in [0.05, 0.1) is 0 Å². The molecule has 0 bridgehead atoms. The lowest BCUT2D eigenvalue weighted by Gasteiger charge is -2.31. The molecule has 2 unspecified atom stereocenters. The molecule has 2 nitrogen and oxygen atoms in total. The van der Waals surface area contributed by atoms with E-state index in [1.807, 2.05) is 0 Å². The Morgan fingerprint density at radius 1 is 1.31 bits per heavy atom. The molecule has 1 aliphatic rings. The molecule has 1 fully saturated rings. The molecule has 1 heterocycles. The molecule has 0 aromatic heterocycles. The molecule has 0 aromatic rings. The Balaban J connectivity index is 2.58. The van der Waals surface area contributed by atoms with E-state index >= 15 is 0 Å². The second-order valence-electron chi connectivity index (χ2n) is 4.53. The van der Waals surface area contributed by atoms with Crippen molar-refractivity contribution in [2.24, 2.45) is 11.7 Å². The van der Waals surface area contributed by atoms with E-state index in [1.54, 1.807) is 0 Å². The number of likely N-dealkylation sites (tertiary alicyclic amines) is 1. The summed E-state index contributed by atoms with van der Waals surface area (Å²) in [6.45, 7) is 2.82. The molecule has 2 N–H and O–H groups in total. The highest BCUT2D eigenvalue weighted by molar-refractivity contribution is 4.82. The van der Waals surface area contributed by atoms with Crippen LogP contribution in [0.1, 0.15) is 32.6 Å². The SMILES string of the molecule is CCC1CCCN(C(CN)C(F)(F)F)CC1. The van der Waals surface area contributed by atoms with Crippen molar-refractivity contribution in [2.75, 3.05) is 19.6 Å². The number of rotatable bonds is 3. The summed E-state index contributed by atoms with van der Waals surface area (Å²) in [5.41, 5.74) is 5.25. The number of hydrogen-bond acceptors (Lipinski definition) is 2. The maximum atomic E-state index is 12.7. The molecule has 0 amide bonds. The summed E-state index contributed by atoms with van der Waals surface area (Å²) in [5.74, 6) is 0.580. The smallest absolute Gasteiger partial charge is 0.329 e. The second-order valence-corrected chi connectivity index (χ2v) is 4.53. The third kappa shape index (κ3) is 3.63. The van der Waals surface area contributed by atoms with E-state index in [9.17, 15) is 13.2 Å². The molecule has 2 atom stereocenters. The zero-order valence-corrected chi connectivity index (χ0v) is 9.76. The van der Waals surface area contributed by atoms with E-state index in [1.165, 1.54) is 4.90 Å². The van der Waals surface area contributed by atoms with Gasteiger partial charge in [0.15, 0.2) is 0 Å². The summed E-state index contributed by atoms with van der Waals surface area (Å²) in [5, 5.41) is 0. The zero-order valence-electron chi connectivity index (χ0n) is 9.76. The maximum absolute atomic E-state index is 12.7. The van der Waals surface area contributed by atoms with Crippen molar-refractivity contribution < 1.29 is 13.2 Å². The van der Waals surface area contributed by atoms with Gasteiger partial charge in [-0.3, -0.25) is 4.90 Å². The van der Waals surface area contributed by atoms with Gasteiger partial charge < -0.3 is 5.73 Å². The lowest BCUT2D eigenvalue weighted by molar-refractivity contribution is -0.180. The Morgan fingerprint density at radius 2 is 2.00 bits per heavy atom. The highest BCUT2D eigenvalue weighted by Gasteiger charge is 2.42. The van der Waals surface area contributed by atoms with Crippen molar-refractivity contribution in [3.63, 3.8) is 0 Å². The van der Waals surface area contributed by atoms with E-state index in [0.717, 1.165) is 25.7 Å². The van der Waals surface area contributed by atoms with Crippen LogP contribution in [-0.4, -0.2) is 36.8 Å². The van der Waals surface area contributed by atoms with E-state index in [4.69, 9.17) is 5.73 Å². The predicted molar refractivity (Wildman–Crippen MR) is 58.1 cm³/mol. The molecule has 1 aliphatic heterocycles. The Labute approximate surface area is 95.0 Å². The van der Waals surface area contributed by atoms with Crippen molar-refractivity contribution in [3.8, 4) is 0 Å². The average Bonchev–Trinajstić information content (AvgIpc) is 2.42. The number of nitrogens with zero attached hydrogens (tertiary/aromatic N) is 1. The van der Waals surface area contributed by atoms with Gasteiger partial charge in [-0.25, -0.2) is 0 Å². The van der Waals surface area contributed by atoms with Crippen molar-refractivity contribution in [1.29, 1.82) is 0 Å². The van der Waals surface area contributed by atoms with Gasteiger partial charge in [-0.2, -0.15) is 13.2 Å². The third-order valence-corrected chi connectivity index (χ3v) is 3.50. The van der Waals surface area contributed by atoms with Crippen LogP contribution in [0.15, 0.2) is 0 Å². The van der Waals surface area contributed by atoms with Crippen LogP contribution in [0, 0.1) is 5.92 Å². The molecule has 0 saturated carbocycles. The molecular formula is C11H21F3N2. The van der Waals surface area contributed by atoms with Gasteiger partial charge in [0.25, 0.3) is 0 Å². The molecule has 16 heavy (non-hydrogen) atoms. The average molecular weight is 238 g/mol. The van der Waals surface area contributed by atoms with E-state index in [0.29, 0.717) is 19.0 Å². The van der Waals surface area contributed by atoms with Crippen LogP contribution in [-0.2, 0) is 0 Å². The monoisotopic (exact) mass is 238 g/mol. The maximum Gasteiger partial charge on any atom is 0.405 e. The molecule has 0 aliphatic carbocycles. The van der Waals surface area contributed by atoms with Crippen LogP contribution in [0.3, 0.4) is 0 Å². The molecule has 0 aromatic carbocycles. The lowest BCUT2D eigenvalue weighted by atomic mass is 9.98. The lowest BCUT2D eigenvalue weighted by Crippen LogP contribution is -2.50. The summed E-state index contributed by atoms with van der Waals surface area (Å²) < 4.78 is 38.1. The highest BCUT2D eigenvalue weighted by Crippen LogP contribution is 2.28. The summed E-state index contributed by atoms with van der Waals surface area (Å²) in [6.07, 6.45) is -0.371. The second kappa shape index (κ2) is 5.87. The minimum absolute atomic E-state index is 0.333. The third-order valence-electron chi connectivity index (χ3n) is 3.50. The van der Waals surface area contributed by atoms with Gasteiger partial charge in [0, 0.05) is 6.54 Å². The number of nitrogens with two attached hydrogens (primary N) is 1. The fraction of sp³-hybridized carbons (Fsp3) is 1.00. The first kappa shape index (κ1) is 13.8. The van der Waals surface area contributed by atoms with Crippen molar-refractivity contribution in [2.45, 2.75) is 44.8 Å². The molecular weight excluding hydrogens is 217 g/mol. The topological polar surface area (TPSA) is 29.3 Å². The fourth-order valence-corrected chi connectivity index (χ4v) is 2.40. The van der Waals surface area contributed by atoms with E-state index in [-0.39, 0.29) is 6.54 Å². The first-order valence-corrected chi connectivity index (χ1v) is 5.99. The minimum atomic E-state index is -4.19. The Kier molecular flexibility index (Phi) is 5.05. The number of hydrogen-bond donors (Lipinski definition) is 1. The Hall–Kier alpha value is -0.290. The molecule has 96 valence electrons. The van der Waals surface area contributed by atoms with Gasteiger partial charge >= 0.3 is 6.18 Å². The first-order chi connectivity index (χ1) is 7.49. The molecule has 1 saturated heterocycles. The van der Waals surface area contributed by atoms with E-state index in [2.05, 4.69) is 6.92 Å². The van der Waals surface area contributed by atoms with Gasteiger partial charge in [-0.1, -0.05) is 13.3 Å². The quantitative estimate of drug-likeness (QED) is 0.818. The largest absolute Gasteiger partial charge is 0.405 e. The minimum Gasteiger partial charge on any atom is -0.329 e. The zero-order chi connectivity index (χ0) is 12.2. The Morgan fingerprint density at radius 3 is 2.50 bits per heavy atom. The summed E-state index contributed by atoms with van der Waals surface area (Å²) in [6, 6.07) is -1.46. The number of halogens is 3. The van der Waals surface area contributed by atoms with Crippen molar-refractivity contribution in [1.82, 2.24) is 4.90 Å². The number of alkyl halides is 3. The molecule has 1 rings (SSSR count). The van der Waals surface area contributed by atoms with Crippen molar-refractivity contribution in [3.05, 3.63) is 0 Å². The van der Waals surface area contributed by atoms with Gasteiger partial charge in [0.1, 0.15) is 6.04 Å². The van der Waals surface area contributed by atoms with E-state index < -0.39 is 12.2 Å². The molecule has 5 heteroatoms. The van der Waals surface area contributed by atoms with Crippen LogP contribution >= 0.6 is 0 Å². The normalized spacial score (nSPS) is 26.4. The molecule has 0 radical (unpaired) electrons. The van der Waals surface area contributed by atoms with Crippen LogP contribution in [0.25, 0.3) is 0 Å². The standard InChI is InChI=1S/C11H21F3N2/c1-2-9-4-3-6-16(7-5-9)10(8-15)11(12,13)14/h9-10H,2-8,15H2,1H3. The highest BCUT2D eigenvalue weighted by atomic mass is 19.4. The molecule has 0 spiro atoms. The van der Waals surface area contributed by atoms with Crippen LogP contribution in [0.2, 0.25) is 0 Å². The van der Waals surface area contributed by atoms with Crippen LogP contribution < -0.4 is 5.73 Å². The summed E-state index contributed by atoms with van der Waals surface area (Å²) in [4.78, 5) is 1.51. The summed E-state index contributed by atoms with van der Waals surface area (Å²) >= 11 is 0. The summed E-state index contributed by atoms with van der Waals surface area (Å²) in [7, 11) is 0. The van der Waals surface area contributed by atoms with Crippen molar-refractivity contribution >= 4 is 0 Å². The van der Waals surface area contributed by atoms with Gasteiger partial charge in [0.2, 0.25) is 0 Å². The van der Waals surface area contributed by atoms with Gasteiger partial charge in [-0.15, -0.1) is 0 Å². The predicted octanol–water partition coefficient (Wildman–Crippen LogP) is 2.39. The first-order valence-electron chi connectivity index (χ1n) is 5.99. The van der Waals surface area contributed by atoms with Crippen LogP contribution in [0.5, 0.6) is 0 Å². The van der Waals surface area contributed by atoms with Gasteiger partial charge in [-0.05, 0) is 38.3 Å². The Bertz CT molecular complexity index is 206. The van der Waals surface area contributed by atoms with Crippen LogP contribution in [0.4, 0.5) is 13.2 Å².